The van der Waals surface area contributed by atoms with Crippen molar-refractivity contribution in [3.63, 3.8) is 0 Å². The fraction of sp³-hybridized carbons (Fsp3) is 0.375. The number of fused-ring (bicyclic) bond motifs is 1. The van der Waals surface area contributed by atoms with Gasteiger partial charge in [-0.2, -0.15) is 5.10 Å². The van der Waals surface area contributed by atoms with Gasteiger partial charge in [0, 0.05) is 4.88 Å². The molecule has 0 radical (unpaired) electrons. The molecule has 21 heavy (non-hydrogen) atoms. The number of furan rings is 1. The molecule has 2 heterocycles. The lowest BCUT2D eigenvalue weighted by Crippen LogP contribution is -2.16. The van der Waals surface area contributed by atoms with Gasteiger partial charge in [0.2, 0.25) is 0 Å². The predicted octanol–water partition coefficient (Wildman–Crippen LogP) is 3.62. The Labute approximate surface area is 127 Å². The molecule has 1 amide bonds. The zero-order chi connectivity index (χ0) is 14.7. The lowest BCUT2D eigenvalue weighted by atomic mass is 9.87. The number of thiophene rings is 1. The molecule has 5 heteroatoms. The molecule has 110 valence electrons. The molecule has 0 aliphatic heterocycles. The first-order chi connectivity index (χ1) is 10.3. The molecule has 4 nitrogen and oxygen atoms in total. The van der Waals surface area contributed by atoms with Gasteiger partial charge in [-0.25, -0.2) is 5.43 Å². The maximum absolute atomic E-state index is 12.1. The first-order valence-corrected chi connectivity index (χ1v) is 8.06. The van der Waals surface area contributed by atoms with Gasteiger partial charge in [0.1, 0.15) is 5.76 Å². The number of hydrogen-bond donors (Lipinski definition) is 1. The first-order valence-electron chi connectivity index (χ1n) is 7.24. The summed E-state index contributed by atoms with van der Waals surface area (Å²) in [5, 5.41) is 3.92. The van der Waals surface area contributed by atoms with Crippen molar-refractivity contribution in [3.05, 3.63) is 45.5 Å². The minimum atomic E-state index is -0.148. The molecular formula is C16H18N2O2S. The second kappa shape index (κ2) is 6.26. The number of hydrogen-bond acceptors (Lipinski definition) is 4. The van der Waals surface area contributed by atoms with Crippen molar-refractivity contribution < 1.29 is 9.21 Å². The standard InChI is InChI=1S/C16H18N2O2S/c1-2-11-5-6-14-12(8-11)9-15(21-14)16(19)18-17-10-13-4-3-7-20-13/h3-4,7,9-11H,2,5-6,8H2,1H3,(H,18,19)/b17-10-/t11-/m0/s1. The van der Waals surface area contributed by atoms with Crippen molar-refractivity contribution in [2.24, 2.45) is 11.0 Å². The highest BCUT2D eigenvalue weighted by Gasteiger charge is 2.21. The summed E-state index contributed by atoms with van der Waals surface area (Å²) in [6, 6.07) is 5.59. The maximum atomic E-state index is 12.1. The van der Waals surface area contributed by atoms with Crippen LogP contribution >= 0.6 is 11.3 Å². The summed E-state index contributed by atoms with van der Waals surface area (Å²) in [6.07, 6.45) is 7.72. The SMILES string of the molecule is CC[C@H]1CCc2sc(C(=O)N/N=C\c3ccco3)cc2C1. The smallest absolute Gasteiger partial charge is 0.281 e. The molecular weight excluding hydrogens is 284 g/mol. The van der Waals surface area contributed by atoms with E-state index in [1.165, 1.54) is 29.5 Å². The van der Waals surface area contributed by atoms with E-state index >= 15 is 0 Å². The Kier molecular flexibility index (Phi) is 4.20. The Bertz CT molecular complexity index is 643. The molecule has 0 fully saturated rings. The number of hydrazone groups is 1. The van der Waals surface area contributed by atoms with Gasteiger partial charge in [-0.15, -0.1) is 11.3 Å². The molecule has 0 bridgehead atoms. The lowest BCUT2D eigenvalue weighted by Gasteiger charge is -2.19. The van der Waals surface area contributed by atoms with E-state index in [1.54, 1.807) is 29.7 Å². The summed E-state index contributed by atoms with van der Waals surface area (Å²) in [6.45, 7) is 2.24. The highest BCUT2D eigenvalue weighted by molar-refractivity contribution is 7.14. The van der Waals surface area contributed by atoms with Crippen LogP contribution < -0.4 is 5.43 Å². The van der Waals surface area contributed by atoms with Crippen LogP contribution in [0.25, 0.3) is 0 Å². The zero-order valence-corrected chi connectivity index (χ0v) is 12.8. The summed E-state index contributed by atoms with van der Waals surface area (Å²) in [7, 11) is 0. The molecule has 1 atom stereocenters. The second-order valence-electron chi connectivity index (χ2n) is 5.29. The molecule has 3 rings (SSSR count). The highest BCUT2D eigenvalue weighted by Crippen LogP contribution is 2.33. The van der Waals surface area contributed by atoms with E-state index in [9.17, 15) is 4.79 Å². The number of carbonyl (C=O) groups is 1. The van der Waals surface area contributed by atoms with Crippen LogP contribution in [0.1, 0.15) is 45.6 Å². The fourth-order valence-electron chi connectivity index (χ4n) is 2.63. The summed E-state index contributed by atoms with van der Waals surface area (Å²) < 4.78 is 5.11. The zero-order valence-electron chi connectivity index (χ0n) is 12.0. The lowest BCUT2D eigenvalue weighted by molar-refractivity contribution is 0.0959. The van der Waals surface area contributed by atoms with Gasteiger partial charge in [-0.1, -0.05) is 13.3 Å². The van der Waals surface area contributed by atoms with E-state index < -0.39 is 0 Å². The van der Waals surface area contributed by atoms with Gasteiger partial charge >= 0.3 is 0 Å². The maximum Gasteiger partial charge on any atom is 0.281 e. The summed E-state index contributed by atoms with van der Waals surface area (Å²) in [5.74, 6) is 1.23. The average molecular weight is 302 g/mol. The predicted molar refractivity (Wildman–Crippen MR) is 83.9 cm³/mol. The van der Waals surface area contributed by atoms with Crippen molar-refractivity contribution in [2.45, 2.75) is 32.6 Å². The molecule has 2 aromatic heterocycles. The largest absolute Gasteiger partial charge is 0.463 e. The van der Waals surface area contributed by atoms with Crippen molar-refractivity contribution in [1.82, 2.24) is 5.43 Å². The molecule has 1 aliphatic rings. The van der Waals surface area contributed by atoms with Gasteiger partial charge in [-0.05, 0) is 48.9 Å². The molecule has 1 N–H and O–H groups in total. The Morgan fingerprint density at radius 2 is 2.52 bits per heavy atom. The monoisotopic (exact) mass is 302 g/mol. The number of nitrogens with zero attached hydrogens (tertiary/aromatic N) is 1. The average Bonchev–Trinajstić information content (AvgIpc) is 3.15. The number of carbonyl (C=O) groups excluding carboxylic acids is 1. The van der Waals surface area contributed by atoms with E-state index in [4.69, 9.17) is 4.42 Å². The van der Waals surface area contributed by atoms with Crippen molar-refractivity contribution >= 4 is 23.5 Å². The third kappa shape index (κ3) is 3.24. The minimum Gasteiger partial charge on any atom is -0.463 e. The summed E-state index contributed by atoms with van der Waals surface area (Å²) >= 11 is 1.59. The third-order valence-electron chi connectivity index (χ3n) is 3.89. The van der Waals surface area contributed by atoms with Crippen LogP contribution in [0.2, 0.25) is 0 Å². The topological polar surface area (TPSA) is 54.6 Å². The minimum absolute atomic E-state index is 0.148. The van der Waals surface area contributed by atoms with Gasteiger partial charge in [0.05, 0.1) is 17.4 Å². The van der Waals surface area contributed by atoms with Gasteiger partial charge < -0.3 is 4.42 Å². The highest BCUT2D eigenvalue weighted by atomic mass is 32.1. The van der Waals surface area contributed by atoms with Crippen LogP contribution in [0, 0.1) is 5.92 Å². The van der Waals surface area contributed by atoms with E-state index in [0.717, 1.165) is 23.6 Å². The van der Waals surface area contributed by atoms with Crippen LogP contribution in [-0.4, -0.2) is 12.1 Å². The molecule has 0 spiro atoms. The van der Waals surface area contributed by atoms with Crippen LogP contribution in [-0.2, 0) is 12.8 Å². The third-order valence-corrected chi connectivity index (χ3v) is 5.12. The van der Waals surface area contributed by atoms with Crippen molar-refractivity contribution in [1.29, 1.82) is 0 Å². The molecule has 0 unspecified atom stereocenters. The summed E-state index contributed by atoms with van der Waals surface area (Å²) in [4.78, 5) is 14.2. The first kappa shape index (κ1) is 14.1. The molecule has 0 saturated heterocycles. The quantitative estimate of drug-likeness (QED) is 0.692. The number of amides is 1. The van der Waals surface area contributed by atoms with Crippen molar-refractivity contribution in [3.8, 4) is 0 Å². The van der Waals surface area contributed by atoms with E-state index in [-0.39, 0.29) is 5.91 Å². The Morgan fingerprint density at radius 1 is 1.62 bits per heavy atom. The number of nitrogens with one attached hydrogen (secondary N) is 1. The molecule has 0 aromatic carbocycles. The Morgan fingerprint density at radius 3 is 3.29 bits per heavy atom. The van der Waals surface area contributed by atoms with Crippen LogP contribution in [0.3, 0.4) is 0 Å². The van der Waals surface area contributed by atoms with Crippen LogP contribution in [0.5, 0.6) is 0 Å². The Balaban J connectivity index is 1.64. The Hall–Kier alpha value is -1.88. The fourth-order valence-corrected chi connectivity index (χ4v) is 3.73. The normalized spacial score (nSPS) is 17.9. The van der Waals surface area contributed by atoms with Gasteiger partial charge in [-0.3, -0.25) is 4.79 Å². The van der Waals surface area contributed by atoms with Gasteiger partial charge in [0.15, 0.2) is 0 Å². The van der Waals surface area contributed by atoms with Crippen LogP contribution in [0.4, 0.5) is 0 Å². The number of rotatable bonds is 4. The molecule has 2 aromatic rings. The molecule has 1 aliphatic carbocycles. The van der Waals surface area contributed by atoms with E-state index in [2.05, 4.69) is 17.5 Å². The van der Waals surface area contributed by atoms with Gasteiger partial charge in [0.25, 0.3) is 5.91 Å². The van der Waals surface area contributed by atoms with E-state index in [1.807, 2.05) is 6.07 Å². The van der Waals surface area contributed by atoms with E-state index in [0.29, 0.717) is 5.76 Å². The van der Waals surface area contributed by atoms with Crippen molar-refractivity contribution in [2.75, 3.05) is 0 Å². The second-order valence-corrected chi connectivity index (χ2v) is 6.43. The molecule has 0 saturated carbocycles. The van der Waals surface area contributed by atoms with Crippen LogP contribution in [0.15, 0.2) is 34.0 Å². The summed E-state index contributed by atoms with van der Waals surface area (Å²) in [5.41, 5.74) is 3.90. The number of aryl methyl sites for hydroxylation is 1.